The van der Waals surface area contributed by atoms with Crippen LogP contribution in [-0.2, 0) is 22.5 Å². The van der Waals surface area contributed by atoms with Gasteiger partial charge < -0.3 is 24.6 Å². The number of anilines is 2. The lowest BCUT2D eigenvalue weighted by molar-refractivity contribution is -0.0396. The SMILES string of the molecule is CCN(CC)CCCNc1nc(SC)nc2c1sc1nc(N3CCOCC3)c3c(c12)CC(C)(C)OC3. The Morgan fingerprint density at radius 2 is 1.89 bits per heavy atom. The molecule has 2 aliphatic heterocycles. The fourth-order valence-electron chi connectivity index (χ4n) is 5.13. The maximum absolute atomic E-state index is 6.28. The molecule has 0 spiro atoms. The molecule has 2 aliphatic rings. The van der Waals surface area contributed by atoms with Crippen molar-refractivity contribution < 1.29 is 9.47 Å². The van der Waals surface area contributed by atoms with Crippen LogP contribution in [0.25, 0.3) is 20.4 Å². The van der Waals surface area contributed by atoms with Gasteiger partial charge in [0.15, 0.2) is 5.16 Å². The van der Waals surface area contributed by atoms with Crippen LogP contribution < -0.4 is 10.2 Å². The molecular formula is C26H38N6O2S2. The van der Waals surface area contributed by atoms with E-state index in [-0.39, 0.29) is 5.60 Å². The number of nitrogens with one attached hydrogen (secondary N) is 1. The highest BCUT2D eigenvalue weighted by molar-refractivity contribution is 7.98. The van der Waals surface area contributed by atoms with E-state index in [0.717, 1.165) is 97.2 Å². The fraction of sp³-hybridized carbons (Fsp3) is 0.654. The minimum absolute atomic E-state index is 0.224. The highest BCUT2D eigenvalue weighted by Gasteiger charge is 2.33. The van der Waals surface area contributed by atoms with Crippen LogP contribution in [0.15, 0.2) is 5.16 Å². The van der Waals surface area contributed by atoms with Crippen molar-refractivity contribution in [2.45, 2.75) is 57.9 Å². The molecule has 196 valence electrons. The number of fused-ring (bicyclic) bond motifs is 5. The largest absolute Gasteiger partial charge is 0.378 e. The van der Waals surface area contributed by atoms with E-state index in [4.69, 9.17) is 24.4 Å². The number of nitrogens with zero attached hydrogens (tertiary/aromatic N) is 5. The maximum Gasteiger partial charge on any atom is 0.189 e. The summed E-state index contributed by atoms with van der Waals surface area (Å²) in [6.07, 6.45) is 3.96. The Bertz CT molecular complexity index is 1220. The first-order chi connectivity index (χ1) is 17.4. The first kappa shape index (κ1) is 25.9. The normalized spacial score (nSPS) is 17.8. The Kier molecular flexibility index (Phi) is 7.88. The van der Waals surface area contributed by atoms with E-state index >= 15 is 0 Å². The molecule has 5 heterocycles. The van der Waals surface area contributed by atoms with Gasteiger partial charge in [-0.25, -0.2) is 15.0 Å². The summed E-state index contributed by atoms with van der Waals surface area (Å²) in [5, 5.41) is 5.62. The van der Waals surface area contributed by atoms with Crippen molar-refractivity contribution in [3.05, 3.63) is 11.1 Å². The molecule has 0 amide bonds. The maximum atomic E-state index is 6.28. The molecule has 0 aromatic carbocycles. The summed E-state index contributed by atoms with van der Waals surface area (Å²) in [5.41, 5.74) is 3.35. The topological polar surface area (TPSA) is 75.6 Å². The molecule has 0 saturated carbocycles. The summed E-state index contributed by atoms with van der Waals surface area (Å²) in [4.78, 5) is 21.0. The van der Waals surface area contributed by atoms with Gasteiger partial charge in [-0.05, 0) is 51.7 Å². The Morgan fingerprint density at radius 3 is 2.61 bits per heavy atom. The molecular weight excluding hydrogens is 492 g/mol. The smallest absolute Gasteiger partial charge is 0.189 e. The molecule has 36 heavy (non-hydrogen) atoms. The minimum Gasteiger partial charge on any atom is -0.378 e. The molecule has 0 aliphatic carbocycles. The average molecular weight is 531 g/mol. The third-order valence-electron chi connectivity index (χ3n) is 7.18. The molecule has 3 aromatic heterocycles. The quantitative estimate of drug-likeness (QED) is 0.239. The van der Waals surface area contributed by atoms with Crippen LogP contribution >= 0.6 is 23.1 Å². The second kappa shape index (κ2) is 10.9. The van der Waals surface area contributed by atoms with Crippen molar-refractivity contribution >= 4 is 55.2 Å². The Hall–Kier alpha value is -1.72. The molecule has 1 fully saturated rings. The lowest BCUT2D eigenvalue weighted by atomic mass is 9.90. The summed E-state index contributed by atoms with van der Waals surface area (Å²) in [6.45, 7) is 16.7. The van der Waals surface area contributed by atoms with Crippen LogP contribution in [0.1, 0.15) is 45.2 Å². The van der Waals surface area contributed by atoms with Crippen LogP contribution in [0.3, 0.4) is 0 Å². The van der Waals surface area contributed by atoms with E-state index < -0.39 is 0 Å². The third kappa shape index (κ3) is 5.15. The van der Waals surface area contributed by atoms with E-state index in [0.29, 0.717) is 6.61 Å². The highest BCUT2D eigenvalue weighted by Crippen LogP contribution is 2.44. The second-order valence-electron chi connectivity index (χ2n) is 10.0. The van der Waals surface area contributed by atoms with Gasteiger partial charge in [-0.15, -0.1) is 11.3 Å². The van der Waals surface area contributed by atoms with Crippen molar-refractivity contribution in [3.8, 4) is 0 Å². The second-order valence-corrected chi connectivity index (χ2v) is 11.8. The van der Waals surface area contributed by atoms with Gasteiger partial charge in [0, 0.05) is 37.0 Å². The minimum atomic E-state index is -0.224. The number of thiophene rings is 1. The van der Waals surface area contributed by atoms with Crippen LogP contribution in [0.2, 0.25) is 0 Å². The van der Waals surface area contributed by atoms with Crippen molar-refractivity contribution in [1.82, 2.24) is 19.9 Å². The molecule has 0 radical (unpaired) electrons. The first-order valence-electron chi connectivity index (χ1n) is 13.1. The van der Waals surface area contributed by atoms with Gasteiger partial charge in [0.2, 0.25) is 0 Å². The summed E-state index contributed by atoms with van der Waals surface area (Å²) < 4.78 is 13.0. The van der Waals surface area contributed by atoms with Gasteiger partial charge in [-0.1, -0.05) is 25.6 Å². The van der Waals surface area contributed by atoms with Gasteiger partial charge in [-0.2, -0.15) is 0 Å². The molecule has 1 N–H and O–H groups in total. The predicted molar refractivity (Wildman–Crippen MR) is 151 cm³/mol. The van der Waals surface area contributed by atoms with E-state index in [1.54, 1.807) is 23.1 Å². The van der Waals surface area contributed by atoms with Crippen LogP contribution in [0, 0.1) is 0 Å². The molecule has 10 heteroatoms. The lowest BCUT2D eigenvalue weighted by Gasteiger charge is -2.36. The summed E-state index contributed by atoms with van der Waals surface area (Å²) in [6, 6.07) is 0. The molecule has 0 bridgehead atoms. The number of hydrogen-bond donors (Lipinski definition) is 1. The summed E-state index contributed by atoms with van der Waals surface area (Å²) >= 11 is 3.31. The number of hydrogen-bond acceptors (Lipinski definition) is 10. The number of aromatic nitrogens is 3. The van der Waals surface area contributed by atoms with Crippen LogP contribution in [-0.4, -0.2) is 84.2 Å². The molecule has 5 rings (SSSR count). The summed E-state index contributed by atoms with van der Waals surface area (Å²) in [7, 11) is 0. The molecule has 0 atom stereocenters. The van der Waals surface area contributed by atoms with E-state index in [2.05, 4.69) is 42.8 Å². The van der Waals surface area contributed by atoms with Gasteiger partial charge in [0.05, 0.1) is 35.6 Å². The monoisotopic (exact) mass is 530 g/mol. The van der Waals surface area contributed by atoms with Crippen molar-refractivity contribution in [3.63, 3.8) is 0 Å². The highest BCUT2D eigenvalue weighted by atomic mass is 32.2. The number of rotatable bonds is 9. The Labute approximate surface area is 222 Å². The van der Waals surface area contributed by atoms with Gasteiger partial charge in [0.1, 0.15) is 16.5 Å². The number of morpholine rings is 1. The van der Waals surface area contributed by atoms with E-state index in [9.17, 15) is 0 Å². The van der Waals surface area contributed by atoms with Gasteiger partial charge in [-0.3, -0.25) is 0 Å². The molecule has 8 nitrogen and oxygen atoms in total. The van der Waals surface area contributed by atoms with Crippen LogP contribution in [0.5, 0.6) is 0 Å². The number of pyridine rings is 1. The first-order valence-corrected chi connectivity index (χ1v) is 15.1. The van der Waals surface area contributed by atoms with Crippen molar-refractivity contribution in [1.29, 1.82) is 0 Å². The Morgan fingerprint density at radius 1 is 1.11 bits per heavy atom. The Balaban J connectivity index is 1.59. The molecule has 3 aromatic rings. The average Bonchev–Trinajstić information content (AvgIpc) is 3.27. The number of ether oxygens (including phenoxy) is 2. The summed E-state index contributed by atoms with van der Waals surface area (Å²) in [5.74, 6) is 1.98. The molecule has 1 saturated heterocycles. The lowest BCUT2D eigenvalue weighted by Crippen LogP contribution is -2.39. The third-order valence-corrected chi connectivity index (χ3v) is 8.81. The number of thioether (sulfide) groups is 1. The standard InChI is InChI=1S/C26H38N6O2S2/c1-6-31(7-2)10-8-9-27-22-21-20(28-25(29-22)35-5)19-17-15-26(3,4)34-16-18(17)23(30-24(19)36-21)32-11-13-33-14-12-32/h6-16H2,1-5H3,(H,27,28,29). The van der Waals surface area contributed by atoms with Gasteiger partial charge >= 0.3 is 0 Å². The van der Waals surface area contributed by atoms with Crippen molar-refractivity contribution in [2.75, 3.05) is 69.0 Å². The fourth-order valence-corrected chi connectivity index (χ4v) is 6.60. The van der Waals surface area contributed by atoms with Crippen molar-refractivity contribution in [2.24, 2.45) is 0 Å². The molecule has 0 unspecified atom stereocenters. The van der Waals surface area contributed by atoms with Gasteiger partial charge in [0.25, 0.3) is 0 Å². The van der Waals surface area contributed by atoms with E-state index in [1.165, 1.54) is 16.5 Å². The van der Waals surface area contributed by atoms with Crippen LogP contribution in [0.4, 0.5) is 11.6 Å². The predicted octanol–water partition coefficient (Wildman–Crippen LogP) is 4.79. The van der Waals surface area contributed by atoms with E-state index in [1.807, 2.05) is 6.26 Å². The zero-order valence-corrected chi connectivity index (χ0v) is 23.8. The zero-order chi connectivity index (χ0) is 25.3. The zero-order valence-electron chi connectivity index (χ0n) is 22.1.